The Kier molecular flexibility index (Phi) is 9.29. The zero-order chi connectivity index (χ0) is 31.3. The lowest BCUT2D eigenvalue weighted by Gasteiger charge is -2.17. The molecular weight excluding hydrogens is 635 g/mol. The van der Waals surface area contributed by atoms with Gasteiger partial charge in [0.15, 0.2) is 17.3 Å². The van der Waals surface area contributed by atoms with Crippen LogP contribution in [0.5, 0.6) is 11.5 Å². The Morgan fingerprint density at radius 2 is 1.77 bits per heavy atom. The summed E-state index contributed by atoms with van der Waals surface area (Å²) >= 11 is 3.44. The van der Waals surface area contributed by atoms with Crippen molar-refractivity contribution in [2.75, 3.05) is 6.61 Å². The van der Waals surface area contributed by atoms with E-state index in [-0.39, 0.29) is 16.8 Å². The van der Waals surface area contributed by atoms with Crippen molar-refractivity contribution in [3.8, 4) is 22.9 Å². The van der Waals surface area contributed by atoms with Gasteiger partial charge < -0.3 is 9.47 Å². The maximum Gasteiger partial charge on any atom is 0.416 e. The van der Waals surface area contributed by atoms with Gasteiger partial charge in [-0.25, -0.2) is 4.98 Å². The molecule has 0 bridgehead atoms. The molecule has 0 aliphatic carbocycles. The van der Waals surface area contributed by atoms with Crippen LogP contribution in [0.2, 0.25) is 0 Å². The highest BCUT2D eigenvalue weighted by Crippen LogP contribution is 2.35. The number of rotatable bonds is 10. The molecule has 44 heavy (non-hydrogen) atoms. The molecule has 1 aromatic heterocycles. The fraction of sp³-hybridized carbons (Fsp3) is 0.147. The molecule has 4 aromatic carbocycles. The van der Waals surface area contributed by atoms with Crippen LogP contribution in [0.25, 0.3) is 22.3 Å². The maximum atomic E-state index is 13.6. The number of ether oxygens (including phenoxy) is 2. The summed E-state index contributed by atoms with van der Waals surface area (Å²) in [5.41, 5.74) is 1.39. The lowest BCUT2D eigenvalue weighted by Crippen LogP contribution is -2.20. The van der Waals surface area contributed by atoms with Crippen LogP contribution >= 0.6 is 15.9 Å². The molecule has 0 aliphatic heterocycles. The van der Waals surface area contributed by atoms with Gasteiger partial charge in [-0.2, -0.15) is 22.9 Å². The molecule has 10 heteroatoms. The highest BCUT2D eigenvalue weighted by Gasteiger charge is 2.31. The zero-order valence-electron chi connectivity index (χ0n) is 23.6. The summed E-state index contributed by atoms with van der Waals surface area (Å²) in [5, 5.41) is 4.71. The standard InChI is InChI=1S/C34H27BrF3N3O3/c1-3-8-24-17-23(18-30(43-4-2)31(24)44-21-22-13-15-27(35)16-14-22)20-39-41-32(25-9-7-10-26(19-25)34(36,37)38)40-29-12-6-5-11-28(29)33(41)42/h3,5-7,9-20H,1,4,8,21H2,2H3. The molecule has 0 fully saturated rings. The van der Waals surface area contributed by atoms with Crippen molar-refractivity contribution in [2.24, 2.45) is 5.10 Å². The molecule has 0 saturated heterocycles. The van der Waals surface area contributed by atoms with E-state index in [1.165, 1.54) is 18.3 Å². The predicted molar refractivity (Wildman–Crippen MR) is 169 cm³/mol. The van der Waals surface area contributed by atoms with Crippen LogP contribution in [0.3, 0.4) is 0 Å². The number of nitrogens with zero attached hydrogens (tertiary/aromatic N) is 3. The van der Waals surface area contributed by atoms with Gasteiger partial charge in [-0.05, 0) is 73.0 Å². The number of benzene rings is 4. The van der Waals surface area contributed by atoms with Gasteiger partial charge in [-0.15, -0.1) is 6.58 Å². The SMILES string of the molecule is C=CCc1cc(C=Nn2c(-c3cccc(C(F)(F)F)c3)nc3ccccc3c2=O)cc(OCC)c1OCc1ccc(Br)cc1. The Morgan fingerprint density at radius 1 is 1.00 bits per heavy atom. The molecule has 0 saturated carbocycles. The summed E-state index contributed by atoms with van der Waals surface area (Å²) in [6.07, 6.45) is -0.922. The Balaban J connectivity index is 1.59. The highest BCUT2D eigenvalue weighted by molar-refractivity contribution is 9.10. The van der Waals surface area contributed by atoms with Crippen LogP contribution in [-0.4, -0.2) is 22.5 Å². The summed E-state index contributed by atoms with van der Waals surface area (Å²) in [4.78, 5) is 18.1. The van der Waals surface area contributed by atoms with Crippen LogP contribution in [-0.2, 0) is 19.2 Å². The molecule has 0 N–H and O–H groups in total. The van der Waals surface area contributed by atoms with Gasteiger partial charge in [-0.1, -0.05) is 58.4 Å². The number of alkyl halides is 3. The fourth-order valence-electron chi connectivity index (χ4n) is 4.60. The van der Waals surface area contributed by atoms with Crippen molar-refractivity contribution in [3.05, 3.63) is 135 Å². The Bertz CT molecular complexity index is 1900. The fourth-order valence-corrected chi connectivity index (χ4v) is 4.87. The van der Waals surface area contributed by atoms with Gasteiger partial charge >= 0.3 is 6.18 Å². The third-order valence-corrected chi connectivity index (χ3v) is 7.17. The Morgan fingerprint density at radius 3 is 2.50 bits per heavy atom. The van der Waals surface area contributed by atoms with Gasteiger partial charge in [-0.3, -0.25) is 4.79 Å². The minimum atomic E-state index is -4.57. The Hall–Kier alpha value is -4.70. The molecule has 0 spiro atoms. The number of halogens is 4. The number of hydrogen-bond acceptors (Lipinski definition) is 5. The van der Waals surface area contributed by atoms with Gasteiger partial charge in [0.05, 0.1) is 29.3 Å². The molecule has 6 nitrogen and oxygen atoms in total. The van der Waals surface area contributed by atoms with E-state index in [0.29, 0.717) is 42.2 Å². The van der Waals surface area contributed by atoms with Gasteiger partial charge in [0.25, 0.3) is 5.56 Å². The summed E-state index contributed by atoms with van der Waals surface area (Å²) in [7, 11) is 0. The van der Waals surface area contributed by atoms with Crippen molar-refractivity contribution in [1.82, 2.24) is 9.66 Å². The van der Waals surface area contributed by atoms with Crippen molar-refractivity contribution >= 4 is 33.0 Å². The lowest BCUT2D eigenvalue weighted by atomic mass is 10.1. The van der Waals surface area contributed by atoms with Crippen molar-refractivity contribution < 1.29 is 22.6 Å². The number of allylic oxidation sites excluding steroid dienone is 1. The van der Waals surface area contributed by atoms with E-state index in [1.54, 1.807) is 36.4 Å². The first-order valence-corrected chi connectivity index (χ1v) is 14.5. The van der Waals surface area contributed by atoms with E-state index in [4.69, 9.17) is 9.47 Å². The van der Waals surface area contributed by atoms with Crippen LogP contribution in [0.15, 0.2) is 112 Å². The third kappa shape index (κ3) is 6.92. The molecule has 5 rings (SSSR count). The second-order valence-electron chi connectivity index (χ2n) is 9.74. The van der Waals surface area contributed by atoms with Crippen molar-refractivity contribution in [1.29, 1.82) is 0 Å². The average Bonchev–Trinajstić information content (AvgIpc) is 3.01. The first kappa shape index (κ1) is 30.7. The van der Waals surface area contributed by atoms with E-state index in [1.807, 2.05) is 37.3 Å². The minimum absolute atomic E-state index is 0.0261. The number of hydrogen-bond donors (Lipinski definition) is 0. The van der Waals surface area contributed by atoms with E-state index in [2.05, 4.69) is 32.6 Å². The normalized spacial score (nSPS) is 11.7. The summed E-state index contributed by atoms with van der Waals surface area (Å²) < 4.78 is 54.7. The van der Waals surface area contributed by atoms with Crippen molar-refractivity contribution in [2.45, 2.75) is 26.1 Å². The van der Waals surface area contributed by atoms with E-state index in [0.717, 1.165) is 32.4 Å². The highest BCUT2D eigenvalue weighted by atomic mass is 79.9. The molecule has 0 aliphatic rings. The van der Waals surface area contributed by atoms with Crippen LogP contribution in [0.1, 0.15) is 29.2 Å². The first-order valence-electron chi connectivity index (χ1n) is 13.7. The van der Waals surface area contributed by atoms with E-state index < -0.39 is 17.3 Å². The van der Waals surface area contributed by atoms with Gasteiger partial charge in [0.2, 0.25) is 0 Å². The number of aromatic nitrogens is 2. The molecule has 0 amide bonds. The second kappa shape index (κ2) is 13.3. The summed E-state index contributed by atoms with van der Waals surface area (Å²) in [6, 6.07) is 22.6. The lowest BCUT2D eigenvalue weighted by molar-refractivity contribution is -0.137. The smallest absolute Gasteiger partial charge is 0.416 e. The maximum absolute atomic E-state index is 13.6. The van der Waals surface area contributed by atoms with Gasteiger partial charge in [0, 0.05) is 15.6 Å². The molecule has 0 radical (unpaired) electrons. The third-order valence-electron chi connectivity index (χ3n) is 6.64. The number of fused-ring (bicyclic) bond motifs is 1. The van der Waals surface area contributed by atoms with Crippen LogP contribution in [0.4, 0.5) is 13.2 Å². The van der Waals surface area contributed by atoms with Gasteiger partial charge in [0.1, 0.15) is 6.61 Å². The summed E-state index contributed by atoms with van der Waals surface area (Å²) in [5.74, 6) is 1.01. The molecule has 0 atom stereocenters. The number of para-hydroxylation sites is 1. The van der Waals surface area contributed by atoms with Crippen LogP contribution in [0, 0.1) is 0 Å². The largest absolute Gasteiger partial charge is 0.490 e. The Labute approximate surface area is 260 Å². The molecule has 5 aromatic rings. The van der Waals surface area contributed by atoms with Crippen molar-refractivity contribution in [3.63, 3.8) is 0 Å². The molecule has 0 unspecified atom stereocenters. The average molecular weight is 663 g/mol. The predicted octanol–water partition coefficient (Wildman–Crippen LogP) is 8.43. The molecular formula is C34H27BrF3N3O3. The first-order chi connectivity index (χ1) is 21.2. The molecule has 224 valence electrons. The quantitative estimate of drug-likeness (QED) is 0.111. The second-order valence-corrected chi connectivity index (χ2v) is 10.7. The molecule has 1 heterocycles. The van der Waals surface area contributed by atoms with Crippen LogP contribution < -0.4 is 15.0 Å². The van der Waals surface area contributed by atoms with E-state index in [9.17, 15) is 18.0 Å². The minimum Gasteiger partial charge on any atom is -0.490 e. The monoisotopic (exact) mass is 661 g/mol. The van der Waals surface area contributed by atoms with E-state index >= 15 is 0 Å². The summed E-state index contributed by atoms with van der Waals surface area (Å²) in [6.45, 7) is 6.40. The zero-order valence-corrected chi connectivity index (χ0v) is 25.2. The topological polar surface area (TPSA) is 65.7 Å².